The summed E-state index contributed by atoms with van der Waals surface area (Å²) in [4.78, 5) is 21.2. The quantitative estimate of drug-likeness (QED) is 0.618. The monoisotopic (exact) mass is 298 g/mol. The van der Waals surface area contributed by atoms with Gasteiger partial charge in [0.05, 0.1) is 4.92 Å². The number of nitrogens with zero attached hydrogens (tertiary/aromatic N) is 2. The molecule has 20 heavy (non-hydrogen) atoms. The lowest BCUT2D eigenvalue weighted by atomic mass is 10.1. The van der Waals surface area contributed by atoms with Crippen LogP contribution >= 0.6 is 0 Å². The first-order valence-electron chi connectivity index (χ1n) is 6.10. The fourth-order valence-corrected chi connectivity index (χ4v) is 4.02. The van der Waals surface area contributed by atoms with E-state index in [-0.39, 0.29) is 36.6 Å². The molecule has 108 valence electrons. The molecule has 1 aromatic carbocycles. The molecule has 2 rings (SSSR count). The maximum atomic E-state index is 12.6. The molecule has 1 aliphatic rings. The van der Waals surface area contributed by atoms with Crippen molar-refractivity contribution >= 4 is 21.5 Å². The van der Waals surface area contributed by atoms with Gasteiger partial charge in [-0.05, 0) is 12.5 Å². The average molecular weight is 298 g/mol. The van der Waals surface area contributed by atoms with Crippen molar-refractivity contribution in [1.29, 1.82) is 0 Å². The summed E-state index contributed by atoms with van der Waals surface area (Å²) in [5.74, 6) is 0.00994. The number of ketones is 1. The van der Waals surface area contributed by atoms with Crippen molar-refractivity contribution in [2.45, 2.75) is 24.7 Å². The van der Waals surface area contributed by atoms with Gasteiger partial charge in [-0.2, -0.15) is 4.31 Å². The van der Waals surface area contributed by atoms with Crippen LogP contribution in [0.25, 0.3) is 0 Å². The Morgan fingerprint density at radius 1 is 1.25 bits per heavy atom. The highest BCUT2D eigenvalue weighted by Crippen LogP contribution is 2.30. The zero-order valence-corrected chi connectivity index (χ0v) is 11.7. The highest BCUT2D eigenvalue weighted by Gasteiger charge is 2.34. The minimum Gasteiger partial charge on any atom is -0.300 e. The van der Waals surface area contributed by atoms with E-state index in [9.17, 15) is 23.3 Å². The van der Waals surface area contributed by atoms with Crippen molar-refractivity contribution in [1.82, 2.24) is 4.31 Å². The van der Waals surface area contributed by atoms with E-state index in [1.807, 2.05) is 0 Å². The lowest BCUT2D eigenvalue weighted by Crippen LogP contribution is -2.39. The molecule has 1 aliphatic heterocycles. The van der Waals surface area contributed by atoms with Gasteiger partial charge in [-0.15, -0.1) is 0 Å². The van der Waals surface area contributed by atoms with Gasteiger partial charge in [0.2, 0.25) is 10.0 Å². The number of aryl methyl sites for hydroxylation is 1. The molecule has 0 unspecified atom stereocenters. The molecule has 0 N–H and O–H groups in total. The number of hydrogen-bond acceptors (Lipinski definition) is 5. The van der Waals surface area contributed by atoms with E-state index in [0.717, 1.165) is 4.31 Å². The van der Waals surface area contributed by atoms with Crippen LogP contribution in [-0.2, 0) is 14.8 Å². The minimum atomic E-state index is -3.95. The third-order valence-electron chi connectivity index (χ3n) is 3.27. The van der Waals surface area contributed by atoms with Crippen LogP contribution in [0.3, 0.4) is 0 Å². The molecule has 1 saturated heterocycles. The van der Waals surface area contributed by atoms with E-state index in [1.54, 1.807) is 0 Å². The fourth-order valence-electron chi connectivity index (χ4n) is 2.22. The number of rotatable bonds is 3. The number of nitro groups is 1. The first kappa shape index (κ1) is 14.6. The second-order valence-electron chi connectivity index (χ2n) is 4.62. The van der Waals surface area contributed by atoms with Crippen molar-refractivity contribution in [3.05, 3.63) is 33.9 Å². The fraction of sp³-hybridized carbons (Fsp3) is 0.417. The molecule has 1 aromatic rings. The van der Waals surface area contributed by atoms with Crippen LogP contribution in [0.1, 0.15) is 18.4 Å². The molecule has 0 aromatic heterocycles. The number of piperidine rings is 1. The van der Waals surface area contributed by atoms with Crippen LogP contribution in [-0.4, -0.2) is 36.5 Å². The van der Waals surface area contributed by atoms with E-state index >= 15 is 0 Å². The van der Waals surface area contributed by atoms with Gasteiger partial charge >= 0.3 is 0 Å². The molecule has 0 amide bonds. The zero-order chi connectivity index (χ0) is 14.9. The van der Waals surface area contributed by atoms with Gasteiger partial charge in [0.15, 0.2) is 4.90 Å². The van der Waals surface area contributed by atoms with Crippen LogP contribution in [0, 0.1) is 17.0 Å². The Labute approximate surface area is 116 Å². The van der Waals surface area contributed by atoms with Crippen LogP contribution in [0.5, 0.6) is 0 Å². The van der Waals surface area contributed by atoms with Gasteiger partial charge in [-0.3, -0.25) is 14.9 Å². The number of carbonyl (C=O) groups is 1. The molecule has 0 aliphatic carbocycles. The van der Waals surface area contributed by atoms with E-state index in [4.69, 9.17) is 0 Å². The van der Waals surface area contributed by atoms with Crippen LogP contribution in [0.15, 0.2) is 23.1 Å². The number of carbonyl (C=O) groups excluding carboxylic acids is 1. The number of Topliss-reactive ketones (excluding diaryl/α,β-unsaturated/α-hetero) is 1. The van der Waals surface area contributed by atoms with E-state index in [0.29, 0.717) is 5.56 Å². The number of hydrogen-bond donors (Lipinski definition) is 0. The molecule has 8 heteroatoms. The predicted octanol–water partition coefficient (Wildman–Crippen LogP) is 1.26. The molecule has 0 bridgehead atoms. The van der Waals surface area contributed by atoms with Crippen LogP contribution < -0.4 is 0 Å². The highest BCUT2D eigenvalue weighted by atomic mass is 32.2. The van der Waals surface area contributed by atoms with E-state index in [2.05, 4.69) is 0 Å². The van der Waals surface area contributed by atoms with Crippen molar-refractivity contribution < 1.29 is 18.1 Å². The maximum absolute atomic E-state index is 12.6. The molecular weight excluding hydrogens is 284 g/mol. The maximum Gasteiger partial charge on any atom is 0.289 e. The summed E-state index contributed by atoms with van der Waals surface area (Å²) in [5.41, 5.74) is -0.0991. The summed E-state index contributed by atoms with van der Waals surface area (Å²) in [6.45, 7) is 1.67. The molecule has 0 radical (unpaired) electrons. The Morgan fingerprint density at radius 2 is 1.85 bits per heavy atom. The average Bonchev–Trinajstić information content (AvgIpc) is 2.38. The summed E-state index contributed by atoms with van der Waals surface area (Å²) in [5, 5.41) is 11.0. The predicted molar refractivity (Wildman–Crippen MR) is 70.8 cm³/mol. The number of sulfonamides is 1. The Morgan fingerprint density at radius 3 is 2.40 bits per heavy atom. The smallest absolute Gasteiger partial charge is 0.289 e. The highest BCUT2D eigenvalue weighted by molar-refractivity contribution is 7.89. The summed E-state index contributed by atoms with van der Waals surface area (Å²) in [6, 6.07) is 4.15. The van der Waals surface area contributed by atoms with Gasteiger partial charge in [-0.25, -0.2) is 8.42 Å². The lowest BCUT2D eigenvalue weighted by Gasteiger charge is -2.25. The second kappa shape index (κ2) is 5.29. The van der Waals surface area contributed by atoms with Crippen molar-refractivity contribution in [2.24, 2.45) is 0 Å². The largest absolute Gasteiger partial charge is 0.300 e. The zero-order valence-electron chi connectivity index (χ0n) is 10.9. The van der Waals surface area contributed by atoms with Crippen LogP contribution in [0.4, 0.5) is 5.69 Å². The van der Waals surface area contributed by atoms with E-state index in [1.165, 1.54) is 25.1 Å². The van der Waals surface area contributed by atoms with E-state index < -0.39 is 20.6 Å². The molecule has 0 atom stereocenters. The Kier molecular flexibility index (Phi) is 3.87. The minimum absolute atomic E-state index is 0.00994. The number of nitro benzene ring substituents is 1. The first-order valence-corrected chi connectivity index (χ1v) is 7.54. The third kappa shape index (κ3) is 2.56. The van der Waals surface area contributed by atoms with Crippen molar-refractivity contribution in [3.8, 4) is 0 Å². The molecule has 0 spiro atoms. The normalized spacial score (nSPS) is 17.1. The van der Waals surface area contributed by atoms with Crippen molar-refractivity contribution in [2.75, 3.05) is 13.1 Å². The summed E-state index contributed by atoms with van der Waals surface area (Å²) >= 11 is 0. The molecule has 1 heterocycles. The van der Waals surface area contributed by atoms with Gasteiger partial charge in [-0.1, -0.05) is 12.1 Å². The molecule has 7 nitrogen and oxygen atoms in total. The van der Waals surface area contributed by atoms with Crippen molar-refractivity contribution in [3.63, 3.8) is 0 Å². The third-order valence-corrected chi connectivity index (χ3v) is 5.36. The van der Waals surface area contributed by atoms with Gasteiger partial charge in [0.25, 0.3) is 5.69 Å². The summed E-state index contributed by atoms with van der Waals surface area (Å²) in [7, 11) is -3.95. The van der Waals surface area contributed by atoms with Crippen LogP contribution in [0.2, 0.25) is 0 Å². The first-order chi connectivity index (χ1) is 9.34. The standard InChI is InChI=1S/C12H14N2O5S/c1-9-3-2-4-11(14(16)17)12(9)20(18,19)13-7-5-10(15)6-8-13/h2-4H,5-8H2,1H3. The molecule has 1 fully saturated rings. The number of benzene rings is 1. The topological polar surface area (TPSA) is 97.6 Å². The second-order valence-corrected chi connectivity index (χ2v) is 6.50. The lowest BCUT2D eigenvalue weighted by molar-refractivity contribution is -0.387. The molecule has 0 saturated carbocycles. The summed E-state index contributed by atoms with van der Waals surface area (Å²) < 4.78 is 26.2. The molecular formula is C12H14N2O5S. The Balaban J connectivity index is 2.49. The SMILES string of the molecule is Cc1cccc([N+](=O)[O-])c1S(=O)(=O)N1CCC(=O)CC1. The van der Waals surface area contributed by atoms with Gasteiger partial charge in [0.1, 0.15) is 5.78 Å². The summed E-state index contributed by atoms with van der Waals surface area (Å²) in [6.07, 6.45) is 0.303. The Bertz CT molecular complexity index is 658. The van der Waals surface area contributed by atoms with Gasteiger partial charge < -0.3 is 0 Å². The van der Waals surface area contributed by atoms with Gasteiger partial charge in [0, 0.05) is 32.0 Å². The Hall–Kier alpha value is -1.80.